The molecular formula is C15H15N3O2. The number of aromatic amines is 1. The molecule has 0 aliphatic carbocycles. The van der Waals surface area contributed by atoms with Gasteiger partial charge in [0, 0.05) is 24.1 Å². The Kier molecular flexibility index (Phi) is 3.02. The Labute approximate surface area is 116 Å². The van der Waals surface area contributed by atoms with E-state index < -0.39 is 0 Å². The number of pyridine rings is 1. The summed E-state index contributed by atoms with van der Waals surface area (Å²) in [5, 5.41) is 0. The normalized spacial score (nSPS) is 13.9. The van der Waals surface area contributed by atoms with Crippen molar-refractivity contribution in [1.29, 1.82) is 0 Å². The highest BCUT2D eigenvalue weighted by Gasteiger charge is 2.25. The van der Waals surface area contributed by atoms with Crippen LogP contribution in [0.4, 0.5) is 11.4 Å². The number of H-pyrrole nitrogens is 1. The van der Waals surface area contributed by atoms with Crippen molar-refractivity contribution >= 4 is 17.3 Å². The summed E-state index contributed by atoms with van der Waals surface area (Å²) >= 11 is 0. The van der Waals surface area contributed by atoms with E-state index in [0.717, 1.165) is 24.1 Å². The van der Waals surface area contributed by atoms with E-state index in [1.165, 1.54) is 6.20 Å². The number of amides is 1. The summed E-state index contributed by atoms with van der Waals surface area (Å²) in [6.45, 7) is 0.601. The van der Waals surface area contributed by atoms with Gasteiger partial charge in [0.05, 0.1) is 0 Å². The summed E-state index contributed by atoms with van der Waals surface area (Å²) in [4.78, 5) is 28.5. The first-order chi connectivity index (χ1) is 9.68. The standard InChI is InChI=1S/C15H15N3O2/c16-12-6-1-7-13-10(12)5-3-9-18(13)15(20)11-4-2-8-17-14(11)19/h1-2,4,6-8H,3,5,9,16H2,(H,17,19). The second-order valence-electron chi connectivity index (χ2n) is 4.82. The van der Waals surface area contributed by atoms with Crippen LogP contribution in [0.2, 0.25) is 0 Å². The molecule has 5 heteroatoms. The van der Waals surface area contributed by atoms with Crippen LogP contribution in [-0.4, -0.2) is 17.4 Å². The lowest BCUT2D eigenvalue weighted by atomic mass is 9.99. The van der Waals surface area contributed by atoms with E-state index in [1.807, 2.05) is 18.2 Å². The van der Waals surface area contributed by atoms with E-state index in [4.69, 9.17) is 5.73 Å². The Hall–Kier alpha value is -2.56. The molecule has 0 atom stereocenters. The van der Waals surface area contributed by atoms with Crippen LogP contribution in [0.3, 0.4) is 0 Å². The Morgan fingerprint density at radius 2 is 2.10 bits per heavy atom. The topological polar surface area (TPSA) is 79.2 Å². The third-order valence-electron chi connectivity index (χ3n) is 3.58. The molecule has 1 aromatic heterocycles. The minimum atomic E-state index is -0.367. The van der Waals surface area contributed by atoms with Crippen molar-refractivity contribution in [2.45, 2.75) is 12.8 Å². The quantitative estimate of drug-likeness (QED) is 0.771. The highest BCUT2D eigenvalue weighted by atomic mass is 16.2. The Bertz CT molecular complexity index is 721. The molecule has 1 aromatic carbocycles. The van der Waals surface area contributed by atoms with Gasteiger partial charge in [0.1, 0.15) is 5.56 Å². The number of nitrogens with two attached hydrogens (primary N) is 1. The number of benzene rings is 1. The van der Waals surface area contributed by atoms with Gasteiger partial charge in [-0.1, -0.05) is 6.07 Å². The third-order valence-corrected chi connectivity index (χ3v) is 3.58. The summed E-state index contributed by atoms with van der Waals surface area (Å²) < 4.78 is 0. The molecule has 1 amide bonds. The van der Waals surface area contributed by atoms with E-state index in [0.29, 0.717) is 12.2 Å². The molecule has 0 fully saturated rings. The predicted octanol–water partition coefficient (Wildman–Crippen LogP) is 1.55. The number of hydrogen-bond acceptors (Lipinski definition) is 3. The zero-order valence-corrected chi connectivity index (χ0v) is 10.9. The van der Waals surface area contributed by atoms with E-state index in [-0.39, 0.29) is 17.0 Å². The number of carbonyl (C=O) groups is 1. The molecular weight excluding hydrogens is 254 g/mol. The maximum absolute atomic E-state index is 12.6. The zero-order chi connectivity index (χ0) is 14.1. The predicted molar refractivity (Wildman–Crippen MR) is 77.9 cm³/mol. The average molecular weight is 269 g/mol. The summed E-state index contributed by atoms with van der Waals surface area (Å²) in [6.07, 6.45) is 3.22. The van der Waals surface area contributed by atoms with Crippen LogP contribution in [0.5, 0.6) is 0 Å². The molecule has 0 bridgehead atoms. The van der Waals surface area contributed by atoms with Crippen molar-refractivity contribution in [3.8, 4) is 0 Å². The average Bonchev–Trinajstić information content (AvgIpc) is 2.47. The molecule has 2 aromatic rings. The molecule has 2 heterocycles. The van der Waals surface area contributed by atoms with E-state index >= 15 is 0 Å². The van der Waals surface area contributed by atoms with E-state index in [1.54, 1.807) is 17.0 Å². The minimum absolute atomic E-state index is 0.155. The number of anilines is 2. The molecule has 0 radical (unpaired) electrons. The monoisotopic (exact) mass is 269 g/mol. The highest BCUT2D eigenvalue weighted by molar-refractivity contribution is 6.06. The van der Waals surface area contributed by atoms with Crippen molar-refractivity contribution in [1.82, 2.24) is 4.98 Å². The SMILES string of the molecule is Nc1cccc2c1CCCN2C(=O)c1ccc[nH]c1=O. The molecule has 0 saturated heterocycles. The van der Waals surface area contributed by atoms with Gasteiger partial charge in [-0.3, -0.25) is 9.59 Å². The van der Waals surface area contributed by atoms with Crippen LogP contribution in [0.15, 0.2) is 41.3 Å². The third kappa shape index (κ3) is 1.97. The Morgan fingerprint density at radius 3 is 2.90 bits per heavy atom. The number of carbonyl (C=O) groups excluding carboxylic acids is 1. The molecule has 0 spiro atoms. The van der Waals surface area contributed by atoms with Gasteiger partial charge < -0.3 is 15.6 Å². The van der Waals surface area contributed by atoms with Gasteiger partial charge in [0.2, 0.25) is 0 Å². The van der Waals surface area contributed by atoms with Crippen molar-refractivity contribution in [2.24, 2.45) is 0 Å². The number of hydrogen-bond donors (Lipinski definition) is 2. The van der Waals surface area contributed by atoms with E-state index in [9.17, 15) is 9.59 Å². The van der Waals surface area contributed by atoms with Crippen molar-refractivity contribution < 1.29 is 4.79 Å². The Morgan fingerprint density at radius 1 is 1.25 bits per heavy atom. The first-order valence-electron chi connectivity index (χ1n) is 6.55. The molecule has 0 unspecified atom stereocenters. The fraction of sp³-hybridized carbons (Fsp3) is 0.200. The zero-order valence-electron chi connectivity index (χ0n) is 10.9. The lowest BCUT2D eigenvalue weighted by Crippen LogP contribution is -2.38. The summed E-state index contributed by atoms with van der Waals surface area (Å²) in [5.41, 5.74) is 8.25. The van der Waals surface area contributed by atoms with Crippen LogP contribution >= 0.6 is 0 Å². The fourth-order valence-electron chi connectivity index (χ4n) is 2.60. The number of aromatic nitrogens is 1. The summed E-state index contributed by atoms with van der Waals surface area (Å²) in [6, 6.07) is 8.73. The van der Waals surface area contributed by atoms with Gasteiger partial charge in [-0.15, -0.1) is 0 Å². The number of fused-ring (bicyclic) bond motifs is 1. The smallest absolute Gasteiger partial charge is 0.263 e. The minimum Gasteiger partial charge on any atom is -0.398 e. The number of nitrogen functional groups attached to an aromatic ring is 1. The fourth-order valence-corrected chi connectivity index (χ4v) is 2.60. The molecule has 1 aliphatic rings. The first-order valence-corrected chi connectivity index (χ1v) is 6.55. The lowest BCUT2D eigenvalue weighted by molar-refractivity contribution is 0.0983. The maximum Gasteiger partial charge on any atom is 0.263 e. The summed E-state index contributed by atoms with van der Waals surface area (Å²) in [5.74, 6) is -0.279. The van der Waals surface area contributed by atoms with Crippen molar-refractivity contribution in [3.05, 3.63) is 58.0 Å². The molecule has 3 N–H and O–H groups in total. The van der Waals surface area contributed by atoms with Crippen LogP contribution in [0, 0.1) is 0 Å². The molecule has 1 aliphatic heterocycles. The van der Waals surface area contributed by atoms with Gasteiger partial charge in [-0.05, 0) is 42.7 Å². The van der Waals surface area contributed by atoms with Gasteiger partial charge in [-0.25, -0.2) is 0 Å². The van der Waals surface area contributed by atoms with E-state index in [2.05, 4.69) is 4.98 Å². The van der Waals surface area contributed by atoms with Crippen molar-refractivity contribution in [2.75, 3.05) is 17.2 Å². The van der Waals surface area contributed by atoms with Gasteiger partial charge in [-0.2, -0.15) is 0 Å². The van der Waals surface area contributed by atoms with Gasteiger partial charge >= 0.3 is 0 Å². The second kappa shape index (κ2) is 4.85. The highest BCUT2D eigenvalue weighted by Crippen LogP contribution is 2.31. The first kappa shape index (κ1) is 12.5. The molecule has 102 valence electrons. The molecule has 20 heavy (non-hydrogen) atoms. The maximum atomic E-state index is 12.6. The summed E-state index contributed by atoms with van der Waals surface area (Å²) in [7, 11) is 0. The van der Waals surface area contributed by atoms with Crippen LogP contribution in [0.1, 0.15) is 22.3 Å². The number of nitrogens with zero attached hydrogens (tertiary/aromatic N) is 1. The van der Waals surface area contributed by atoms with Crippen LogP contribution < -0.4 is 16.2 Å². The number of rotatable bonds is 1. The van der Waals surface area contributed by atoms with Crippen LogP contribution in [0.25, 0.3) is 0 Å². The molecule has 3 rings (SSSR count). The van der Waals surface area contributed by atoms with Crippen molar-refractivity contribution in [3.63, 3.8) is 0 Å². The number of nitrogens with one attached hydrogen (secondary N) is 1. The van der Waals surface area contributed by atoms with Gasteiger partial charge in [0.15, 0.2) is 0 Å². The second-order valence-corrected chi connectivity index (χ2v) is 4.82. The van der Waals surface area contributed by atoms with Gasteiger partial charge in [0.25, 0.3) is 11.5 Å². The lowest BCUT2D eigenvalue weighted by Gasteiger charge is -2.30. The molecule has 0 saturated carbocycles. The van der Waals surface area contributed by atoms with Crippen LogP contribution in [-0.2, 0) is 6.42 Å². The Balaban J connectivity index is 2.06. The molecule has 5 nitrogen and oxygen atoms in total. The largest absolute Gasteiger partial charge is 0.398 e.